The van der Waals surface area contributed by atoms with Gasteiger partial charge < -0.3 is 5.32 Å². The molecule has 0 saturated heterocycles. The molecule has 1 aromatic carbocycles. The first-order chi connectivity index (χ1) is 11.9. The van der Waals surface area contributed by atoms with E-state index in [0.717, 1.165) is 29.5 Å². The van der Waals surface area contributed by atoms with Gasteiger partial charge in [-0.25, -0.2) is 9.97 Å². The Morgan fingerprint density at radius 1 is 1.08 bits per heavy atom. The van der Waals surface area contributed by atoms with Crippen LogP contribution in [-0.2, 0) is 0 Å². The second-order valence-corrected chi connectivity index (χ2v) is 6.31. The topological polar surface area (TPSA) is 61.6 Å². The summed E-state index contributed by atoms with van der Waals surface area (Å²) in [5, 5.41) is 12.8. The molecule has 0 bridgehead atoms. The molecule has 2 aromatic rings. The average Bonchev–Trinajstić information content (AvgIpc) is 2.58. The summed E-state index contributed by atoms with van der Waals surface area (Å²) >= 11 is 0. The van der Waals surface area contributed by atoms with Gasteiger partial charge >= 0.3 is 0 Å². The minimum Gasteiger partial charge on any atom is -0.365 e. The highest BCUT2D eigenvalue weighted by molar-refractivity contribution is 5.74. The molecular formula is C21H24N4. The first-order valence-corrected chi connectivity index (χ1v) is 8.58. The van der Waals surface area contributed by atoms with Gasteiger partial charge in [-0.15, -0.1) is 6.42 Å². The van der Waals surface area contributed by atoms with Crippen LogP contribution in [0.4, 0.5) is 5.82 Å². The van der Waals surface area contributed by atoms with Crippen molar-refractivity contribution in [2.45, 2.75) is 53.5 Å². The Labute approximate surface area is 150 Å². The smallest absolute Gasteiger partial charge is 0.183 e. The molecule has 0 unspecified atom stereocenters. The zero-order chi connectivity index (χ0) is 18.6. The van der Waals surface area contributed by atoms with Crippen molar-refractivity contribution in [3.05, 3.63) is 40.2 Å². The SMILES string of the molecule is C#Cc1nc(NC(CC)CC)c(C#N)nc1-c1c(C)cc(C)cc1C. The fourth-order valence-corrected chi connectivity index (χ4v) is 3.13. The highest BCUT2D eigenvalue weighted by Gasteiger charge is 2.18. The molecule has 128 valence electrons. The molecule has 1 aromatic heterocycles. The van der Waals surface area contributed by atoms with Gasteiger partial charge in [0, 0.05) is 11.6 Å². The fourth-order valence-electron chi connectivity index (χ4n) is 3.13. The van der Waals surface area contributed by atoms with E-state index in [0.29, 0.717) is 17.2 Å². The van der Waals surface area contributed by atoms with Gasteiger partial charge in [0.2, 0.25) is 0 Å². The van der Waals surface area contributed by atoms with Crippen LogP contribution in [0, 0.1) is 44.4 Å². The highest BCUT2D eigenvalue weighted by atomic mass is 15.0. The summed E-state index contributed by atoms with van der Waals surface area (Å²) in [6.45, 7) is 10.3. The Bertz CT molecular complexity index is 842. The van der Waals surface area contributed by atoms with Crippen molar-refractivity contribution >= 4 is 5.82 Å². The number of aromatic nitrogens is 2. The van der Waals surface area contributed by atoms with Gasteiger partial charge in [0.05, 0.1) is 0 Å². The molecule has 2 rings (SSSR count). The maximum absolute atomic E-state index is 9.55. The van der Waals surface area contributed by atoms with Gasteiger partial charge in [0.15, 0.2) is 11.5 Å². The molecular weight excluding hydrogens is 308 g/mol. The van der Waals surface area contributed by atoms with Crippen LogP contribution in [0.3, 0.4) is 0 Å². The normalized spacial score (nSPS) is 10.4. The molecule has 4 nitrogen and oxygen atoms in total. The van der Waals surface area contributed by atoms with E-state index in [1.54, 1.807) is 0 Å². The van der Waals surface area contributed by atoms with Crippen LogP contribution in [0.5, 0.6) is 0 Å². The summed E-state index contributed by atoms with van der Waals surface area (Å²) in [5.74, 6) is 3.11. The molecule has 0 radical (unpaired) electrons. The van der Waals surface area contributed by atoms with Crippen LogP contribution >= 0.6 is 0 Å². The predicted molar refractivity (Wildman–Crippen MR) is 102 cm³/mol. The molecule has 0 aliphatic heterocycles. The van der Waals surface area contributed by atoms with E-state index in [-0.39, 0.29) is 11.7 Å². The second kappa shape index (κ2) is 7.81. The molecule has 4 heteroatoms. The quantitative estimate of drug-likeness (QED) is 0.818. The number of nitrogens with one attached hydrogen (secondary N) is 1. The summed E-state index contributed by atoms with van der Waals surface area (Å²) < 4.78 is 0. The number of nitriles is 1. The third kappa shape index (κ3) is 3.80. The van der Waals surface area contributed by atoms with Crippen LogP contribution in [-0.4, -0.2) is 16.0 Å². The molecule has 0 amide bonds. The molecule has 0 fully saturated rings. The standard InChI is InChI=1S/C21H24N4/c1-7-16(8-2)23-21-18(12-22)24-20(17(9-3)25-21)19-14(5)10-13(4)11-15(19)6/h3,10-11,16H,7-8H2,1-2,4-6H3,(H,23,25). The van der Waals surface area contributed by atoms with E-state index in [1.165, 1.54) is 5.56 Å². The molecule has 1 heterocycles. The van der Waals surface area contributed by atoms with Crippen molar-refractivity contribution in [2.75, 3.05) is 5.32 Å². The van der Waals surface area contributed by atoms with Crippen molar-refractivity contribution in [1.82, 2.24) is 9.97 Å². The van der Waals surface area contributed by atoms with Crippen molar-refractivity contribution in [2.24, 2.45) is 0 Å². The minimum absolute atomic E-state index is 0.237. The number of benzene rings is 1. The van der Waals surface area contributed by atoms with Crippen LogP contribution < -0.4 is 5.32 Å². The highest BCUT2D eigenvalue weighted by Crippen LogP contribution is 2.30. The maximum Gasteiger partial charge on any atom is 0.183 e. The van der Waals surface area contributed by atoms with Gasteiger partial charge in [0.1, 0.15) is 17.5 Å². The second-order valence-electron chi connectivity index (χ2n) is 6.31. The number of hydrogen-bond acceptors (Lipinski definition) is 4. The van der Waals surface area contributed by atoms with Crippen LogP contribution in [0.15, 0.2) is 12.1 Å². The molecule has 0 aliphatic rings. The zero-order valence-electron chi connectivity index (χ0n) is 15.6. The molecule has 0 spiro atoms. The van der Waals surface area contributed by atoms with Gasteiger partial charge in [-0.05, 0) is 50.7 Å². The van der Waals surface area contributed by atoms with E-state index in [1.807, 2.05) is 13.8 Å². The summed E-state index contributed by atoms with van der Waals surface area (Å²) in [7, 11) is 0. The zero-order valence-corrected chi connectivity index (χ0v) is 15.6. The summed E-state index contributed by atoms with van der Waals surface area (Å²) in [5.41, 5.74) is 5.63. The van der Waals surface area contributed by atoms with Crippen molar-refractivity contribution in [1.29, 1.82) is 5.26 Å². The Kier molecular flexibility index (Phi) is 5.78. The monoisotopic (exact) mass is 332 g/mol. The number of hydrogen-bond donors (Lipinski definition) is 1. The van der Waals surface area contributed by atoms with E-state index in [2.05, 4.69) is 60.2 Å². The molecule has 25 heavy (non-hydrogen) atoms. The minimum atomic E-state index is 0.237. The fraction of sp³-hybridized carbons (Fsp3) is 0.381. The number of terminal acetylenes is 1. The lowest BCUT2D eigenvalue weighted by molar-refractivity contribution is 0.667. The van der Waals surface area contributed by atoms with E-state index >= 15 is 0 Å². The van der Waals surface area contributed by atoms with Crippen molar-refractivity contribution in [3.8, 4) is 29.7 Å². The van der Waals surface area contributed by atoms with Gasteiger partial charge in [-0.1, -0.05) is 31.5 Å². The van der Waals surface area contributed by atoms with E-state index in [4.69, 9.17) is 6.42 Å². The van der Waals surface area contributed by atoms with Crippen molar-refractivity contribution < 1.29 is 0 Å². The molecule has 0 atom stereocenters. The number of rotatable bonds is 5. The maximum atomic E-state index is 9.55. The number of aryl methyl sites for hydroxylation is 3. The van der Waals surface area contributed by atoms with Gasteiger partial charge in [-0.3, -0.25) is 0 Å². The third-order valence-corrected chi connectivity index (χ3v) is 4.38. The number of anilines is 1. The third-order valence-electron chi connectivity index (χ3n) is 4.38. The first kappa shape index (κ1) is 18.5. The van der Waals surface area contributed by atoms with Gasteiger partial charge in [0.25, 0.3) is 0 Å². The summed E-state index contributed by atoms with van der Waals surface area (Å²) in [4.78, 5) is 9.12. The lowest BCUT2D eigenvalue weighted by atomic mass is 9.96. The van der Waals surface area contributed by atoms with Crippen LogP contribution in [0.1, 0.15) is 54.8 Å². The average molecular weight is 332 g/mol. The lowest BCUT2D eigenvalue weighted by Crippen LogP contribution is -2.20. The van der Waals surface area contributed by atoms with E-state index in [9.17, 15) is 5.26 Å². The Balaban J connectivity index is 2.66. The van der Waals surface area contributed by atoms with E-state index < -0.39 is 0 Å². The van der Waals surface area contributed by atoms with Crippen molar-refractivity contribution in [3.63, 3.8) is 0 Å². The largest absolute Gasteiger partial charge is 0.365 e. The van der Waals surface area contributed by atoms with Gasteiger partial charge in [-0.2, -0.15) is 5.26 Å². The first-order valence-electron chi connectivity index (χ1n) is 8.58. The summed E-state index contributed by atoms with van der Waals surface area (Å²) in [6, 6.07) is 6.57. The van der Waals surface area contributed by atoms with Crippen LogP contribution in [0.25, 0.3) is 11.3 Å². The molecule has 0 saturated carbocycles. The predicted octanol–water partition coefficient (Wildman–Crippen LogP) is 4.52. The molecule has 0 aliphatic carbocycles. The Hall–Kier alpha value is -2.85. The Morgan fingerprint density at radius 3 is 2.16 bits per heavy atom. The molecule has 1 N–H and O–H groups in total. The number of nitrogens with zero attached hydrogens (tertiary/aromatic N) is 3. The summed E-state index contributed by atoms with van der Waals surface area (Å²) in [6.07, 6.45) is 7.58. The van der Waals surface area contributed by atoms with Crippen LogP contribution in [0.2, 0.25) is 0 Å². The Morgan fingerprint density at radius 2 is 1.68 bits per heavy atom. The lowest BCUT2D eigenvalue weighted by Gasteiger charge is -2.18.